The number of hydrogen-bond acceptors (Lipinski definition) is 4. The van der Waals surface area contributed by atoms with Crippen molar-refractivity contribution in [2.45, 2.75) is 58.5 Å². The topological polar surface area (TPSA) is 50.5 Å². The lowest BCUT2D eigenvalue weighted by Gasteiger charge is -2.39. The summed E-state index contributed by atoms with van der Waals surface area (Å²) in [5.74, 6) is 0.772. The van der Waals surface area contributed by atoms with E-state index in [1.165, 1.54) is 19.3 Å². The third kappa shape index (κ3) is 3.57. The third-order valence-corrected chi connectivity index (χ3v) is 3.93. The number of nitrogens with two attached hydrogens (primary N) is 1. The van der Waals surface area contributed by atoms with Crippen molar-refractivity contribution in [3.63, 3.8) is 0 Å². The van der Waals surface area contributed by atoms with Gasteiger partial charge in [0.25, 0.3) is 0 Å². The second kappa shape index (κ2) is 6.84. The SMILES string of the molecule is CCCOc1cc(NN2C(C)CCCC2C)ccc1N. The van der Waals surface area contributed by atoms with E-state index in [1.807, 2.05) is 18.2 Å². The fourth-order valence-electron chi connectivity index (χ4n) is 2.73. The van der Waals surface area contributed by atoms with Crippen LogP contribution in [0.3, 0.4) is 0 Å². The molecule has 2 rings (SSSR count). The Labute approximate surface area is 122 Å². The van der Waals surface area contributed by atoms with Crippen molar-refractivity contribution in [2.75, 3.05) is 17.8 Å². The van der Waals surface area contributed by atoms with Gasteiger partial charge in [-0.05, 0) is 45.2 Å². The predicted octanol–water partition coefficient (Wildman–Crippen LogP) is 3.65. The fraction of sp³-hybridized carbons (Fsp3) is 0.625. The molecule has 1 aliphatic heterocycles. The lowest BCUT2D eigenvalue weighted by Crippen LogP contribution is -2.47. The Kier molecular flexibility index (Phi) is 5.12. The van der Waals surface area contributed by atoms with Gasteiger partial charge < -0.3 is 15.9 Å². The Hall–Kier alpha value is -1.42. The maximum atomic E-state index is 5.95. The summed E-state index contributed by atoms with van der Waals surface area (Å²) in [6.07, 6.45) is 4.78. The molecule has 0 aliphatic carbocycles. The zero-order valence-corrected chi connectivity index (χ0v) is 12.9. The number of nitrogens with zero attached hydrogens (tertiary/aromatic N) is 1. The van der Waals surface area contributed by atoms with Gasteiger partial charge in [0.15, 0.2) is 0 Å². The molecule has 112 valence electrons. The van der Waals surface area contributed by atoms with Crippen LogP contribution in [0.1, 0.15) is 46.5 Å². The molecule has 0 amide bonds. The minimum absolute atomic E-state index is 0.552. The Morgan fingerprint density at radius 2 is 2.00 bits per heavy atom. The molecule has 1 fully saturated rings. The molecule has 0 radical (unpaired) electrons. The van der Waals surface area contributed by atoms with E-state index in [1.54, 1.807) is 0 Å². The summed E-state index contributed by atoms with van der Waals surface area (Å²) < 4.78 is 5.69. The van der Waals surface area contributed by atoms with Crippen molar-refractivity contribution < 1.29 is 4.74 Å². The summed E-state index contributed by atoms with van der Waals surface area (Å²) in [7, 11) is 0. The van der Waals surface area contributed by atoms with E-state index in [-0.39, 0.29) is 0 Å². The summed E-state index contributed by atoms with van der Waals surface area (Å²) in [6.45, 7) is 7.34. The maximum Gasteiger partial charge on any atom is 0.144 e. The average molecular weight is 277 g/mol. The molecule has 3 N–H and O–H groups in total. The van der Waals surface area contributed by atoms with Crippen molar-refractivity contribution in [1.82, 2.24) is 5.01 Å². The first-order chi connectivity index (χ1) is 9.61. The molecule has 2 atom stereocenters. The highest BCUT2D eigenvalue weighted by Crippen LogP contribution is 2.28. The highest BCUT2D eigenvalue weighted by Gasteiger charge is 2.24. The maximum absolute atomic E-state index is 5.95. The summed E-state index contributed by atoms with van der Waals surface area (Å²) in [5.41, 5.74) is 11.2. The summed E-state index contributed by atoms with van der Waals surface area (Å²) >= 11 is 0. The standard InChI is InChI=1S/C16H27N3O/c1-4-10-20-16-11-14(8-9-15(16)17)18-19-12(2)6-5-7-13(19)3/h8-9,11-13,18H,4-7,10,17H2,1-3H3. The molecule has 20 heavy (non-hydrogen) atoms. The van der Waals surface area contributed by atoms with Gasteiger partial charge >= 0.3 is 0 Å². The molecule has 0 saturated carbocycles. The van der Waals surface area contributed by atoms with Crippen LogP contribution in [-0.4, -0.2) is 23.7 Å². The largest absolute Gasteiger partial charge is 0.491 e. The smallest absolute Gasteiger partial charge is 0.144 e. The van der Waals surface area contributed by atoms with Crippen LogP contribution in [0, 0.1) is 0 Å². The van der Waals surface area contributed by atoms with Crippen molar-refractivity contribution in [2.24, 2.45) is 0 Å². The molecule has 2 unspecified atom stereocenters. The quantitative estimate of drug-likeness (QED) is 0.807. The molecule has 0 spiro atoms. The second-order valence-electron chi connectivity index (χ2n) is 5.75. The molecule has 1 aromatic carbocycles. The first-order valence-electron chi connectivity index (χ1n) is 7.69. The van der Waals surface area contributed by atoms with Crippen molar-refractivity contribution in [3.8, 4) is 5.75 Å². The van der Waals surface area contributed by atoms with Crippen LogP contribution in [0.15, 0.2) is 18.2 Å². The average Bonchev–Trinajstić information content (AvgIpc) is 2.43. The zero-order valence-electron chi connectivity index (χ0n) is 12.9. The number of piperidine rings is 1. The van der Waals surface area contributed by atoms with E-state index < -0.39 is 0 Å². The van der Waals surface area contributed by atoms with Crippen LogP contribution in [-0.2, 0) is 0 Å². The lowest BCUT2D eigenvalue weighted by atomic mass is 10.00. The number of rotatable bonds is 5. The minimum Gasteiger partial charge on any atom is -0.491 e. The van der Waals surface area contributed by atoms with Gasteiger partial charge in [-0.1, -0.05) is 13.3 Å². The van der Waals surface area contributed by atoms with Crippen molar-refractivity contribution >= 4 is 11.4 Å². The van der Waals surface area contributed by atoms with Crippen molar-refractivity contribution in [1.29, 1.82) is 0 Å². The van der Waals surface area contributed by atoms with Crippen LogP contribution in [0.5, 0.6) is 5.75 Å². The van der Waals surface area contributed by atoms with Gasteiger partial charge in [-0.3, -0.25) is 0 Å². The van der Waals surface area contributed by atoms with Crippen LogP contribution in [0.2, 0.25) is 0 Å². The summed E-state index contributed by atoms with van der Waals surface area (Å²) in [5, 5.41) is 2.35. The highest BCUT2D eigenvalue weighted by atomic mass is 16.5. The first kappa shape index (κ1) is 15.0. The normalized spacial score (nSPS) is 23.6. The Morgan fingerprint density at radius 3 is 2.65 bits per heavy atom. The van der Waals surface area contributed by atoms with Gasteiger partial charge in [-0.2, -0.15) is 0 Å². The molecular formula is C16H27N3O. The Morgan fingerprint density at radius 1 is 1.30 bits per heavy atom. The Balaban J connectivity index is 2.08. The monoisotopic (exact) mass is 277 g/mol. The molecule has 4 heteroatoms. The van der Waals surface area contributed by atoms with Gasteiger partial charge in [0.05, 0.1) is 18.0 Å². The number of nitrogens with one attached hydrogen (secondary N) is 1. The summed E-state index contributed by atoms with van der Waals surface area (Å²) in [4.78, 5) is 0. The van der Waals surface area contributed by atoms with E-state index >= 15 is 0 Å². The first-order valence-corrected chi connectivity index (χ1v) is 7.69. The molecule has 1 aromatic rings. The van der Waals surface area contributed by atoms with Crippen LogP contribution >= 0.6 is 0 Å². The van der Waals surface area contributed by atoms with Crippen molar-refractivity contribution in [3.05, 3.63) is 18.2 Å². The van der Waals surface area contributed by atoms with Crippen LogP contribution < -0.4 is 15.9 Å². The van der Waals surface area contributed by atoms with Crippen LogP contribution in [0.4, 0.5) is 11.4 Å². The number of nitrogen functional groups attached to an aromatic ring is 1. The van der Waals surface area contributed by atoms with Crippen LogP contribution in [0.25, 0.3) is 0 Å². The molecule has 1 aliphatic rings. The molecule has 0 aromatic heterocycles. The number of hydrogen-bond donors (Lipinski definition) is 2. The lowest BCUT2D eigenvalue weighted by molar-refractivity contribution is 0.135. The Bertz CT molecular complexity index is 426. The predicted molar refractivity (Wildman–Crippen MR) is 84.9 cm³/mol. The molecular weight excluding hydrogens is 250 g/mol. The van der Waals surface area contributed by atoms with Gasteiger partial charge in [-0.25, -0.2) is 5.01 Å². The third-order valence-electron chi connectivity index (χ3n) is 3.93. The van der Waals surface area contributed by atoms with E-state index in [4.69, 9.17) is 10.5 Å². The number of ether oxygens (including phenoxy) is 1. The highest BCUT2D eigenvalue weighted by molar-refractivity contribution is 5.61. The number of anilines is 2. The van der Waals surface area contributed by atoms with E-state index in [9.17, 15) is 0 Å². The number of hydrazine groups is 1. The van der Waals surface area contributed by atoms with Gasteiger partial charge in [0.2, 0.25) is 0 Å². The van der Waals surface area contributed by atoms with Gasteiger partial charge in [-0.15, -0.1) is 0 Å². The zero-order chi connectivity index (χ0) is 14.5. The minimum atomic E-state index is 0.552. The fourth-order valence-corrected chi connectivity index (χ4v) is 2.73. The molecule has 1 saturated heterocycles. The van der Waals surface area contributed by atoms with Gasteiger partial charge in [0, 0.05) is 18.2 Å². The molecule has 4 nitrogen and oxygen atoms in total. The van der Waals surface area contributed by atoms with Gasteiger partial charge in [0.1, 0.15) is 5.75 Å². The molecule has 1 heterocycles. The second-order valence-corrected chi connectivity index (χ2v) is 5.75. The van der Waals surface area contributed by atoms with E-state index in [0.29, 0.717) is 24.4 Å². The number of benzene rings is 1. The van der Waals surface area contributed by atoms with E-state index in [0.717, 1.165) is 17.9 Å². The molecule has 0 bridgehead atoms. The summed E-state index contributed by atoms with van der Waals surface area (Å²) in [6, 6.07) is 7.03. The van der Waals surface area contributed by atoms with E-state index in [2.05, 4.69) is 31.2 Å².